The van der Waals surface area contributed by atoms with Crippen LogP contribution in [0.25, 0.3) is 5.57 Å². The first kappa shape index (κ1) is 13.7. The maximum atomic E-state index is 11.4. The van der Waals surface area contributed by atoms with Crippen molar-refractivity contribution in [1.29, 1.82) is 0 Å². The van der Waals surface area contributed by atoms with E-state index in [0.717, 1.165) is 0 Å². The molecule has 0 amide bonds. The molecule has 0 saturated heterocycles. The molecule has 6 heteroatoms. The van der Waals surface area contributed by atoms with Crippen molar-refractivity contribution in [3.05, 3.63) is 36.4 Å². The number of carbonyl (C=O) groups is 1. The number of ether oxygens (including phenoxy) is 1. The zero-order valence-electron chi connectivity index (χ0n) is 9.14. The Labute approximate surface area is 104 Å². The van der Waals surface area contributed by atoms with E-state index in [9.17, 15) is 13.2 Å². The molecule has 17 heavy (non-hydrogen) atoms. The average Bonchev–Trinajstić information content (AvgIpc) is 2.27. The maximum Gasteiger partial charge on any atom is 0.338 e. The SMILES string of the molecule is C=C(C(=O)OCC)c1cccc(S(=O)(=O)Cl)c1. The second-order valence-corrected chi connectivity index (χ2v) is 5.73. The van der Waals surface area contributed by atoms with Gasteiger partial charge in [-0.25, -0.2) is 13.2 Å². The van der Waals surface area contributed by atoms with Gasteiger partial charge in [-0.15, -0.1) is 0 Å². The Morgan fingerprint density at radius 3 is 2.65 bits per heavy atom. The van der Waals surface area contributed by atoms with Crippen LogP contribution in [0.2, 0.25) is 0 Å². The normalized spacial score (nSPS) is 10.9. The van der Waals surface area contributed by atoms with E-state index in [1.165, 1.54) is 18.2 Å². The van der Waals surface area contributed by atoms with Gasteiger partial charge in [0.25, 0.3) is 9.05 Å². The fraction of sp³-hybridized carbons (Fsp3) is 0.182. The first-order chi connectivity index (χ1) is 7.86. The second kappa shape index (κ2) is 5.33. The van der Waals surface area contributed by atoms with E-state index >= 15 is 0 Å². The van der Waals surface area contributed by atoms with E-state index in [2.05, 4.69) is 6.58 Å². The Morgan fingerprint density at radius 1 is 1.47 bits per heavy atom. The van der Waals surface area contributed by atoms with Gasteiger partial charge in [-0.3, -0.25) is 0 Å². The minimum atomic E-state index is -3.82. The Balaban J connectivity index is 3.09. The standard InChI is InChI=1S/C11H11ClO4S/c1-3-16-11(13)8(2)9-5-4-6-10(7-9)17(12,14)15/h4-7H,2-3H2,1H3. The molecule has 1 rings (SSSR count). The highest BCUT2D eigenvalue weighted by molar-refractivity contribution is 8.13. The molecule has 0 bridgehead atoms. The number of esters is 1. The van der Waals surface area contributed by atoms with Crippen LogP contribution < -0.4 is 0 Å². The highest BCUT2D eigenvalue weighted by atomic mass is 35.7. The third kappa shape index (κ3) is 3.57. The minimum Gasteiger partial charge on any atom is -0.462 e. The lowest BCUT2D eigenvalue weighted by molar-refractivity contribution is -0.136. The fourth-order valence-corrected chi connectivity index (χ4v) is 1.97. The van der Waals surface area contributed by atoms with Crippen LogP contribution in [0, 0.1) is 0 Å². The molecule has 0 aromatic heterocycles. The van der Waals surface area contributed by atoms with E-state index < -0.39 is 15.0 Å². The topological polar surface area (TPSA) is 60.4 Å². The van der Waals surface area contributed by atoms with Gasteiger partial charge in [0.2, 0.25) is 0 Å². The molecule has 0 radical (unpaired) electrons. The smallest absolute Gasteiger partial charge is 0.338 e. The number of benzene rings is 1. The summed E-state index contributed by atoms with van der Waals surface area (Å²) in [5.74, 6) is -0.586. The summed E-state index contributed by atoms with van der Waals surface area (Å²) in [7, 11) is 1.38. The van der Waals surface area contributed by atoms with Gasteiger partial charge in [0.05, 0.1) is 17.1 Å². The number of carbonyl (C=O) groups excluding carboxylic acids is 1. The quantitative estimate of drug-likeness (QED) is 0.480. The fourth-order valence-electron chi connectivity index (χ4n) is 1.17. The number of rotatable bonds is 4. The van der Waals surface area contributed by atoms with Crippen LogP contribution in [0.5, 0.6) is 0 Å². The Kier molecular flexibility index (Phi) is 4.31. The predicted molar refractivity (Wildman–Crippen MR) is 65.1 cm³/mol. The summed E-state index contributed by atoms with van der Waals surface area (Å²) in [6, 6.07) is 5.66. The Bertz CT molecular complexity index is 548. The molecule has 0 aliphatic rings. The molecule has 1 aromatic carbocycles. The largest absolute Gasteiger partial charge is 0.462 e. The summed E-state index contributed by atoms with van der Waals surface area (Å²) in [6.45, 7) is 5.45. The van der Waals surface area contributed by atoms with Crippen LogP contribution in [0.3, 0.4) is 0 Å². The lowest BCUT2D eigenvalue weighted by Gasteiger charge is -2.06. The summed E-state index contributed by atoms with van der Waals surface area (Å²) in [5, 5.41) is 0. The molecule has 0 unspecified atom stereocenters. The van der Waals surface area contributed by atoms with Gasteiger partial charge in [-0.05, 0) is 24.6 Å². The van der Waals surface area contributed by atoms with Crippen molar-refractivity contribution in [3.8, 4) is 0 Å². The van der Waals surface area contributed by atoms with Crippen LogP contribution in [-0.2, 0) is 18.6 Å². The Morgan fingerprint density at radius 2 is 2.12 bits per heavy atom. The third-order valence-electron chi connectivity index (χ3n) is 1.99. The van der Waals surface area contributed by atoms with E-state index in [1.54, 1.807) is 13.0 Å². The first-order valence-electron chi connectivity index (χ1n) is 4.77. The van der Waals surface area contributed by atoms with Crippen molar-refractivity contribution < 1.29 is 17.9 Å². The Hall–Kier alpha value is -1.33. The number of halogens is 1. The van der Waals surface area contributed by atoms with Crippen LogP contribution in [0.4, 0.5) is 0 Å². The minimum absolute atomic E-state index is 0.0814. The summed E-state index contributed by atoms with van der Waals surface area (Å²) in [5.41, 5.74) is 0.458. The zero-order valence-corrected chi connectivity index (χ0v) is 10.7. The first-order valence-corrected chi connectivity index (χ1v) is 7.08. The van der Waals surface area contributed by atoms with Gasteiger partial charge in [-0.2, -0.15) is 0 Å². The van der Waals surface area contributed by atoms with Crippen molar-refractivity contribution in [2.45, 2.75) is 11.8 Å². The lowest BCUT2D eigenvalue weighted by atomic mass is 10.1. The summed E-state index contributed by atoms with van der Waals surface area (Å²) >= 11 is 0. The van der Waals surface area contributed by atoms with E-state index in [1.807, 2.05) is 0 Å². The maximum absolute atomic E-state index is 11.4. The molecular weight excluding hydrogens is 264 g/mol. The van der Waals surface area contributed by atoms with Gasteiger partial charge >= 0.3 is 5.97 Å². The third-order valence-corrected chi connectivity index (χ3v) is 3.34. The van der Waals surface area contributed by atoms with Gasteiger partial charge in [0, 0.05) is 10.7 Å². The van der Waals surface area contributed by atoms with Gasteiger partial charge in [0.15, 0.2) is 0 Å². The highest BCUT2D eigenvalue weighted by Gasteiger charge is 2.14. The average molecular weight is 275 g/mol. The van der Waals surface area contributed by atoms with Crippen molar-refractivity contribution in [2.24, 2.45) is 0 Å². The summed E-state index contributed by atoms with van der Waals surface area (Å²) in [4.78, 5) is 11.3. The van der Waals surface area contributed by atoms with Crippen molar-refractivity contribution in [3.63, 3.8) is 0 Å². The van der Waals surface area contributed by atoms with Crippen molar-refractivity contribution in [1.82, 2.24) is 0 Å². The van der Waals surface area contributed by atoms with Gasteiger partial charge in [-0.1, -0.05) is 18.7 Å². The molecule has 0 saturated carbocycles. The molecule has 92 valence electrons. The van der Waals surface area contributed by atoms with Crippen LogP contribution >= 0.6 is 10.7 Å². The van der Waals surface area contributed by atoms with Crippen molar-refractivity contribution in [2.75, 3.05) is 6.61 Å². The van der Waals surface area contributed by atoms with E-state index in [4.69, 9.17) is 15.4 Å². The molecule has 4 nitrogen and oxygen atoms in total. The molecule has 0 heterocycles. The molecular formula is C11H11ClO4S. The predicted octanol–water partition coefficient (Wildman–Crippen LogP) is 2.19. The molecule has 0 atom stereocenters. The van der Waals surface area contributed by atoms with E-state index in [-0.39, 0.29) is 17.1 Å². The molecule has 0 N–H and O–H groups in total. The summed E-state index contributed by atoms with van der Waals surface area (Å²) < 4.78 is 27.0. The van der Waals surface area contributed by atoms with Crippen LogP contribution in [0.1, 0.15) is 12.5 Å². The number of hydrogen-bond donors (Lipinski definition) is 0. The monoisotopic (exact) mass is 274 g/mol. The zero-order chi connectivity index (χ0) is 13.1. The molecule has 0 fully saturated rings. The molecule has 0 aliphatic heterocycles. The highest BCUT2D eigenvalue weighted by Crippen LogP contribution is 2.21. The lowest BCUT2D eigenvalue weighted by Crippen LogP contribution is -2.06. The van der Waals surface area contributed by atoms with Gasteiger partial charge in [0.1, 0.15) is 0 Å². The number of hydrogen-bond acceptors (Lipinski definition) is 4. The van der Waals surface area contributed by atoms with Crippen LogP contribution in [-0.4, -0.2) is 21.0 Å². The molecule has 1 aromatic rings. The van der Waals surface area contributed by atoms with E-state index in [0.29, 0.717) is 5.56 Å². The molecule has 0 spiro atoms. The van der Waals surface area contributed by atoms with Crippen molar-refractivity contribution >= 4 is 31.3 Å². The molecule has 0 aliphatic carbocycles. The van der Waals surface area contributed by atoms with Crippen LogP contribution in [0.15, 0.2) is 35.7 Å². The summed E-state index contributed by atoms with van der Waals surface area (Å²) in [6.07, 6.45) is 0. The second-order valence-electron chi connectivity index (χ2n) is 3.16. The van der Waals surface area contributed by atoms with Gasteiger partial charge < -0.3 is 4.74 Å².